The molecular weight excluding hydrogens is 983 g/mol. The molecule has 1 aliphatic rings. The summed E-state index contributed by atoms with van der Waals surface area (Å²) in [5.74, 6) is -0.184. The summed E-state index contributed by atoms with van der Waals surface area (Å²) < 4.78 is 11.3. The van der Waals surface area contributed by atoms with Gasteiger partial charge in [0.15, 0.2) is 6.29 Å². The van der Waals surface area contributed by atoms with Crippen molar-refractivity contribution in [3.05, 3.63) is 36.5 Å². The van der Waals surface area contributed by atoms with Gasteiger partial charge >= 0.3 is 0 Å². The summed E-state index contributed by atoms with van der Waals surface area (Å²) in [5.41, 5.74) is 0. The van der Waals surface area contributed by atoms with Crippen LogP contribution < -0.4 is 5.32 Å². The molecule has 0 bridgehead atoms. The van der Waals surface area contributed by atoms with Crippen LogP contribution in [0.15, 0.2) is 36.5 Å². The number of hydrogen-bond donors (Lipinski definition) is 6. The highest BCUT2D eigenvalue weighted by molar-refractivity contribution is 5.76. The second kappa shape index (κ2) is 59.6. The molecule has 1 fully saturated rings. The zero-order chi connectivity index (χ0) is 57.2. The van der Waals surface area contributed by atoms with Gasteiger partial charge in [-0.25, -0.2) is 0 Å². The molecule has 0 radical (unpaired) electrons. The van der Waals surface area contributed by atoms with Crippen LogP contribution >= 0.6 is 0 Å². The molecule has 9 heteroatoms. The Balaban J connectivity index is 2.08. The monoisotopic (exact) mass is 1120 g/mol. The molecule has 7 atom stereocenters. The van der Waals surface area contributed by atoms with E-state index in [0.29, 0.717) is 6.42 Å². The molecule has 1 heterocycles. The third-order valence-corrected chi connectivity index (χ3v) is 16.7. The molecule has 1 aliphatic heterocycles. The van der Waals surface area contributed by atoms with E-state index < -0.39 is 49.5 Å². The minimum absolute atomic E-state index is 0.184. The van der Waals surface area contributed by atoms with Gasteiger partial charge in [-0.05, 0) is 44.9 Å². The number of allylic oxidation sites excluding steroid dienone is 5. The lowest BCUT2D eigenvalue weighted by Gasteiger charge is -2.40. The van der Waals surface area contributed by atoms with Crippen LogP contribution in [0.4, 0.5) is 0 Å². The number of hydrogen-bond acceptors (Lipinski definition) is 8. The van der Waals surface area contributed by atoms with Crippen LogP contribution in [0.1, 0.15) is 348 Å². The van der Waals surface area contributed by atoms with Crippen LogP contribution in [0, 0.1) is 0 Å². The smallest absolute Gasteiger partial charge is 0.220 e. The molecule has 1 saturated heterocycles. The Labute approximate surface area is 489 Å². The number of aliphatic hydroxyl groups excluding tert-OH is 5. The second-order valence-electron chi connectivity index (χ2n) is 24.3. The van der Waals surface area contributed by atoms with E-state index in [1.54, 1.807) is 6.08 Å². The second-order valence-corrected chi connectivity index (χ2v) is 24.3. The molecule has 7 unspecified atom stereocenters. The topological polar surface area (TPSA) is 149 Å². The first kappa shape index (κ1) is 75.4. The van der Waals surface area contributed by atoms with Crippen molar-refractivity contribution in [2.24, 2.45) is 0 Å². The summed E-state index contributed by atoms with van der Waals surface area (Å²) >= 11 is 0. The molecule has 6 N–H and O–H groups in total. The van der Waals surface area contributed by atoms with Gasteiger partial charge in [0, 0.05) is 6.42 Å². The highest BCUT2D eigenvalue weighted by Crippen LogP contribution is 2.23. The predicted molar refractivity (Wildman–Crippen MR) is 337 cm³/mol. The number of carbonyl (C=O) groups is 1. The summed E-state index contributed by atoms with van der Waals surface area (Å²) in [4.78, 5) is 13.1. The minimum Gasteiger partial charge on any atom is -0.394 e. The lowest BCUT2D eigenvalue weighted by molar-refractivity contribution is -0.302. The first-order valence-corrected chi connectivity index (χ1v) is 34.7. The number of unbranched alkanes of at least 4 members (excludes halogenated alkanes) is 47. The molecule has 466 valence electrons. The van der Waals surface area contributed by atoms with E-state index in [9.17, 15) is 30.3 Å². The largest absolute Gasteiger partial charge is 0.394 e. The van der Waals surface area contributed by atoms with Crippen molar-refractivity contribution >= 4 is 5.91 Å². The average Bonchev–Trinajstić information content (AvgIpc) is 3.47. The summed E-state index contributed by atoms with van der Waals surface area (Å²) in [6.07, 6.45) is 72.7. The van der Waals surface area contributed by atoms with Crippen molar-refractivity contribution in [3.63, 3.8) is 0 Å². The van der Waals surface area contributed by atoms with Gasteiger partial charge in [0.1, 0.15) is 24.4 Å². The van der Waals surface area contributed by atoms with E-state index in [1.807, 2.05) is 6.08 Å². The maximum absolute atomic E-state index is 13.1. The van der Waals surface area contributed by atoms with Crippen LogP contribution in [0.2, 0.25) is 0 Å². The Morgan fingerprint density at radius 3 is 1.06 bits per heavy atom. The molecule has 0 aromatic carbocycles. The van der Waals surface area contributed by atoms with E-state index in [2.05, 4.69) is 43.5 Å². The van der Waals surface area contributed by atoms with E-state index in [-0.39, 0.29) is 12.5 Å². The predicted octanol–water partition coefficient (Wildman–Crippen LogP) is 18.6. The molecule has 1 amide bonds. The molecule has 1 rings (SSSR count). The van der Waals surface area contributed by atoms with Crippen LogP contribution in [-0.2, 0) is 14.3 Å². The minimum atomic E-state index is -1.57. The summed E-state index contributed by atoms with van der Waals surface area (Å²) in [6, 6.07) is -0.827. The zero-order valence-corrected chi connectivity index (χ0v) is 52.2. The van der Waals surface area contributed by atoms with E-state index in [4.69, 9.17) is 9.47 Å². The number of amides is 1. The Bertz CT molecular complexity index is 1340. The molecule has 0 aliphatic carbocycles. The molecule has 9 nitrogen and oxygen atoms in total. The molecule has 0 spiro atoms. The maximum Gasteiger partial charge on any atom is 0.220 e. The third-order valence-electron chi connectivity index (χ3n) is 16.7. The number of rotatable bonds is 61. The molecule has 79 heavy (non-hydrogen) atoms. The quantitative estimate of drug-likeness (QED) is 0.0261. The first-order chi connectivity index (χ1) is 38.8. The number of aliphatic hydroxyl groups is 5. The van der Waals surface area contributed by atoms with Gasteiger partial charge in [0.05, 0.1) is 25.4 Å². The fraction of sp³-hybridized carbons (Fsp3) is 0.900. The van der Waals surface area contributed by atoms with Crippen molar-refractivity contribution in [2.45, 2.75) is 391 Å². The number of ether oxygens (including phenoxy) is 2. The Morgan fingerprint density at radius 1 is 0.418 bits per heavy atom. The van der Waals surface area contributed by atoms with Crippen LogP contribution in [0.3, 0.4) is 0 Å². The fourth-order valence-electron chi connectivity index (χ4n) is 11.3. The summed E-state index contributed by atoms with van der Waals surface area (Å²) in [7, 11) is 0. The van der Waals surface area contributed by atoms with Crippen molar-refractivity contribution in [3.8, 4) is 0 Å². The highest BCUT2D eigenvalue weighted by Gasteiger charge is 2.44. The van der Waals surface area contributed by atoms with E-state index in [1.165, 1.54) is 283 Å². The Morgan fingerprint density at radius 2 is 0.722 bits per heavy atom. The zero-order valence-electron chi connectivity index (χ0n) is 52.2. The van der Waals surface area contributed by atoms with Crippen LogP contribution in [0.5, 0.6) is 0 Å². The van der Waals surface area contributed by atoms with E-state index >= 15 is 0 Å². The molecule has 0 saturated carbocycles. The van der Waals surface area contributed by atoms with Gasteiger partial charge in [-0.1, -0.05) is 333 Å². The maximum atomic E-state index is 13.1. The Hall–Kier alpha value is -1.59. The van der Waals surface area contributed by atoms with Gasteiger partial charge in [-0.3, -0.25) is 4.79 Å². The third kappa shape index (κ3) is 48.5. The van der Waals surface area contributed by atoms with Crippen molar-refractivity contribution < 1.29 is 39.8 Å². The lowest BCUT2D eigenvalue weighted by Crippen LogP contribution is -2.60. The standard InChI is InChI=1S/C70H133NO8/c1-3-5-7-9-11-13-15-17-19-21-23-24-25-26-27-28-29-30-31-32-33-34-35-36-37-38-39-40-42-44-46-48-50-52-54-56-58-60-66(74)71-63(62-78-70-69(77)68(76)67(75)65(61-72)79-70)64(73)59-57-55-53-51-49-47-45-43-41-22-20-18-16-14-12-10-8-6-4-2/h41,43,49,51,57,59,63-65,67-70,72-73,75-77H,3-40,42,44-48,50,52-56,58,60-62H2,1-2H3,(H,71,74)/b43-41+,51-49+,59-57+. The van der Waals surface area contributed by atoms with Crippen LogP contribution in [0.25, 0.3) is 0 Å². The van der Waals surface area contributed by atoms with Gasteiger partial charge in [0.2, 0.25) is 5.91 Å². The lowest BCUT2D eigenvalue weighted by atomic mass is 9.99. The highest BCUT2D eigenvalue weighted by atomic mass is 16.7. The SMILES string of the molecule is CCCCCCCCCCC/C=C/CC/C=C/CC/C=C/C(O)C(COC1OC(CO)C(O)C(O)C1O)NC(=O)CCCCCCCCCCCCCCCCCCCCCCCCCCCCCCCCCCCCCCC. The van der Waals surface area contributed by atoms with E-state index in [0.717, 1.165) is 44.9 Å². The first-order valence-electron chi connectivity index (χ1n) is 34.7. The van der Waals surface area contributed by atoms with Crippen molar-refractivity contribution in [1.29, 1.82) is 0 Å². The number of carbonyl (C=O) groups excluding carboxylic acids is 1. The van der Waals surface area contributed by atoms with Crippen LogP contribution in [-0.4, -0.2) is 87.5 Å². The fourth-order valence-corrected chi connectivity index (χ4v) is 11.3. The molecule has 0 aromatic heterocycles. The summed E-state index contributed by atoms with van der Waals surface area (Å²) in [5, 5.41) is 54.6. The average molecular weight is 1120 g/mol. The van der Waals surface area contributed by atoms with Crippen molar-refractivity contribution in [1.82, 2.24) is 5.32 Å². The van der Waals surface area contributed by atoms with Crippen molar-refractivity contribution in [2.75, 3.05) is 13.2 Å². The van der Waals surface area contributed by atoms with Gasteiger partial charge < -0.3 is 40.3 Å². The van der Waals surface area contributed by atoms with Gasteiger partial charge in [0.25, 0.3) is 0 Å². The summed E-state index contributed by atoms with van der Waals surface area (Å²) in [6.45, 7) is 3.80. The molecular formula is C70H133NO8. The normalized spacial score (nSPS) is 18.7. The number of nitrogens with one attached hydrogen (secondary N) is 1. The molecule has 0 aromatic rings. The van der Waals surface area contributed by atoms with Gasteiger partial charge in [-0.2, -0.15) is 0 Å². The Kier molecular flexibility index (Phi) is 56.9. The van der Waals surface area contributed by atoms with Gasteiger partial charge in [-0.15, -0.1) is 0 Å².